The second-order valence-electron chi connectivity index (χ2n) is 6.55. The van der Waals surface area contributed by atoms with Gasteiger partial charge in [-0.15, -0.1) is 0 Å². The van der Waals surface area contributed by atoms with E-state index in [9.17, 15) is 0 Å². The van der Waals surface area contributed by atoms with Gasteiger partial charge >= 0.3 is 0 Å². The number of para-hydroxylation sites is 1. The number of hydrogen-bond donors (Lipinski definition) is 0. The summed E-state index contributed by atoms with van der Waals surface area (Å²) >= 11 is 0. The third kappa shape index (κ3) is 2.73. The summed E-state index contributed by atoms with van der Waals surface area (Å²) in [6.45, 7) is 1.93. The standard InChI is InChI=1S/C20H19N5O/c1-2-4-17-16(3-1)18(5-10-21-17)24-12-7-15(8-13-24)26-20-9-14-25-19(23-20)6-11-22-25/h1-6,9-11,14-15H,7-8,12-13H2. The number of nitrogens with zero attached hydrogens (tertiary/aromatic N) is 5. The Hall–Kier alpha value is -3.15. The maximum atomic E-state index is 6.11. The van der Waals surface area contributed by atoms with Crippen LogP contribution in [0.2, 0.25) is 0 Å². The second kappa shape index (κ2) is 6.29. The van der Waals surface area contributed by atoms with Crippen LogP contribution in [-0.2, 0) is 0 Å². The van der Waals surface area contributed by atoms with Gasteiger partial charge < -0.3 is 9.64 Å². The van der Waals surface area contributed by atoms with Gasteiger partial charge in [-0.2, -0.15) is 10.1 Å². The fraction of sp³-hybridized carbons (Fsp3) is 0.250. The van der Waals surface area contributed by atoms with Crippen molar-refractivity contribution in [2.75, 3.05) is 18.0 Å². The van der Waals surface area contributed by atoms with E-state index in [4.69, 9.17) is 4.74 Å². The summed E-state index contributed by atoms with van der Waals surface area (Å²) < 4.78 is 7.85. The van der Waals surface area contributed by atoms with Crippen molar-refractivity contribution in [3.63, 3.8) is 0 Å². The van der Waals surface area contributed by atoms with Crippen LogP contribution in [0.15, 0.2) is 61.1 Å². The topological polar surface area (TPSA) is 55.6 Å². The summed E-state index contributed by atoms with van der Waals surface area (Å²) in [6.07, 6.45) is 7.66. The van der Waals surface area contributed by atoms with Crippen molar-refractivity contribution in [2.45, 2.75) is 18.9 Å². The van der Waals surface area contributed by atoms with E-state index in [2.05, 4.69) is 44.2 Å². The molecule has 5 rings (SSSR count). The SMILES string of the molecule is c1ccc2c(N3CCC(Oc4ccn5nccc5n4)CC3)ccnc2c1. The first-order chi connectivity index (χ1) is 12.9. The molecule has 4 aromatic rings. The summed E-state index contributed by atoms with van der Waals surface area (Å²) in [6, 6.07) is 14.2. The Balaban J connectivity index is 1.29. The number of fused-ring (bicyclic) bond motifs is 2. The molecule has 1 fully saturated rings. The van der Waals surface area contributed by atoms with Crippen molar-refractivity contribution in [1.29, 1.82) is 0 Å². The highest BCUT2D eigenvalue weighted by atomic mass is 16.5. The molecule has 0 amide bonds. The molecule has 26 heavy (non-hydrogen) atoms. The number of aromatic nitrogens is 4. The minimum Gasteiger partial charge on any atom is -0.474 e. The number of piperidine rings is 1. The van der Waals surface area contributed by atoms with Crippen LogP contribution in [0, 0.1) is 0 Å². The maximum Gasteiger partial charge on any atom is 0.217 e. The monoisotopic (exact) mass is 345 g/mol. The van der Waals surface area contributed by atoms with Crippen molar-refractivity contribution >= 4 is 22.2 Å². The lowest BCUT2D eigenvalue weighted by Crippen LogP contribution is -2.38. The Morgan fingerprint density at radius 2 is 1.85 bits per heavy atom. The highest BCUT2D eigenvalue weighted by molar-refractivity contribution is 5.91. The number of ether oxygens (including phenoxy) is 1. The van der Waals surface area contributed by atoms with Crippen LogP contribution in [0.5, 0.6) is 5.88 Å². The van der Waals surface area contributed by atoms with E-state index in [1.807, 2.05) is 30.6 Å². The number of anilines is 1. The molecule has 6 heteroatoms. The van der Waals surface area contributed by atoms with Gasteiger partial charge in [-0.25, -0.2) is 4.52 Å². The largest absolute Gasteiger partial charge is 0.474 e. The third-order valence-electron chi connectivity index (χ3n) is 4.93. The molecule has 0 spiro atoms. The predicted molar refractivity (Wildman–Crippen MR) is 101 cm³/mol. The minimum absolute atomic E-state index is 0.192. The van der Waals surface area contributed by atoms with Gasteiger partial charge in [0.2, 0.25) is 5.88 Å². The number of benzene rings is 1. The lowest BCUT2D eigenvalue weighted by atomic mass is 10.1. The Labute approximate surface area is 151 Å². The lowest BCUT2D eigenvalue weighted by Gasteiger charge is -2.34. The zero-order chi connectivity index (χ0) is 17.3. The van der Waals surface area contributed by atoms with Gasteiger partial charge in [0, 0.05) is 61.5 Å². The van der Waals surface area contributed by atoms with Crippen LogP contribution in [-0.4, -0.2) is 38.8 Å². The van der Waals surface area contributed by atoms with Crippen LogP contribution < -0.4 is 9.64 Å². The first-order valence-electron chi connectivity index (χ1n) is 8.92. The fourth-order valence-corrected chi connectivity index (χ4v) is 3.60. The first kappa shape index (κ1) is 15.1. The van der Waals surface area contributed by atoms with E-state index in [-0.39, 0.29) is 6.10 Å². The van der Waals surface area contributed by atoms with Crippen molar-refractivity contribution in [1.82, 2.24) is 19.6 Å². The molecule has 0 atom stereocenters. The second-order valence-corrected chi connectivity index (χ2v) is 6.55. The van der Waals surface area contributed by atoms with Crippen LogP contribution in [0.4, 0.5) is 5.69 Å². The molecule has 3 aromatic heterocycles. The van der Waals surface area contributed by atoms with Gasteiger partial charge in [0.05, 0.1) is 11.7 Å². The fourth-order valence-electron chi connectivity index (χ4n) is 3.60. The quantitative estimate of drug-likeness (QED) is 0.570. The molecule has 0 radical (unpaired) electrons. The zero-order valence-electron chi connectivity index (χ0n) is 14.3. The summed E-state index contributed by atoms with van der Waals surface area (Å²) in [5.41, 5.74) is 3.11. The Morgan fingerprint density at radius 3 is 2.77 bits per heavy atom. The molecule has 0 aliphatic carbocycles. The van der Waals surface area contributed by atoms with Gasteiger partial charge in [-0.3, -0.25) is 4.98 Å². The van der Waals surface area contributed by atoms with E-state index < -0.39 is 0 Å². The van der Waals surface area contributed by atoms with Crippen molar-refractivity contribution in [3.05, 3.63) is 61.1 Å². The van der Waals surface area contributed by atoms with E-state index >= 15 is 0 Å². The molecule has 1 aromatic carbocycles. The molecular weight excluding hydrogens is 326 g/mol. The minimum atomic E-state index is 0.192. The zero-order valence-corrected chi connectivity index (χ0v) is 14.3. The maximum absolute atomic E-state index is 6.11. The predicted octanol–water partition coefficient (Wildman–Crippen LogP) is 3.33. The summed E-state index contributed by atoms with van der Waals surface area (Å²) in [4.78, 5) is 11.4. The Kier molecular flexibility index (Phi) is 3.66. The van der Waals surface area contributed by atoms with E-state index in [0.29, 0.717) is 5.88 Å². The van der Waals surface area contributed by atoms with Gasteiger partial charge in [0.15, 0.2) is 5.65 Å². The summed E-state index contributed by atoms with van der Waals surface area (Å²) in [7, 11) is 0. The molecule has 6 nitrogen and oxygen atoms in total. The normalized spacial score (nSPS) is 15.6. The molecule has 4 heterocycles. The Morgan fingerprint density at radius 1 is 0.962 bits per heavy atom. The lowest BCUT2D eigenvalue weighted by molar-refractivity contribution is 0.164. The molecule has 1 aliphatic heterocycles. The number of rotatable bonds is 3. The average Bonchev–Trinajstić information content (AvgIpc) is 3.16. The van der Waals surface area contributed by atoms with Crippen molar-refractivity contribution in [2.24, 2.45) is 0 Å². The highest BCUT2D eigenvalue weighted by Crippen LogP contribution is 2.28. The smallest absolute Gasteiger partial charge is 0.217 e. The van der Waals surface area contributed by atoms with Gasteiger partial charge in [-0.1, -0.05) is 18.2 Å². The number of pyridine rings is 1. The van der Waals surface area contributed by atoms with Crippen molar-refractivity contribution < 1.29 is 4.74 Å². The molecule has 1 aliphatic rings. The molecule has 0 saturated carbocycles. The molecule has 130 valence electrons. The average molecular weight is 345 g/mol. The molecular formula is C20H19N5O. The number of hydrogen-bond acceptors (Lipinski definition) is 5. The van der Waals surface area contributed by atoms with Crippen LogP contribution in [0.3, 0.4) is 0 Å². The third-order valence-corrected chi connectivity index (χ3v) is 4.93. The molecule has 1 saturated heterocycles. The molecule has 0 bridgehead atoms. The summed E-state index contributed by atoms with van der Waals surface area (Å²) in [5, 5.41) is 5.37. The molecule has 0 N–H and O–H groups in total. The first-order valence-corrected chi connectivity index (χ1v) is 8.92. The van der Waals surface area contributed by atoms with Crippen molar-refractivity contribution in [3.8, 4) is 5.88 Å². The van der Waals surface area contributed by atoms with E-state index in [1.165, 1.54) is 11.1 Å². The van der Waals surface area contributed by atoms with E-state index in [1.54, 1.807) is 10.7 Å². The Bertz CT molecular complexity index is 1050. The van der Waals surface area contributed by atoms with Gasteiger partial charge in [-0.05, 0) is 12.1 Å². The van der Waals surface area contributed by atoms with Gasteiger partial charge in [0.1, 0.15) is 6.10 Å². The molecule has 0 unspecified atom stereocenters. The highest BCUT2D eigenvalue weighted by Gasteiger charge is 2.22. The van der Waals surface area contributed by atoms with Crippen LogP contribution in [0.25, 0.3) is 16.6 Å². The summed E-state index contributed by atoms with van der Waals surface area (Å²) in [5.74, 6) is 0.672. The van der Waals surface area contributed by atoms with E-state index in [0.717, 1.165) is 37.1 Å². The van der Waals surface area contributed by atoms with Crippen LogP contribution in [0.1, 0.15) is 12.8 Å². The van der Waals surface area contributed by atoms with Gasteiger partial charge in [0.25, 0.3) is 0 Å². The van der Waals surface area contributed by atoms with Crippen LogP contribution >= 0.6 is 0 Å².